The van der Waals surface area contributed by atoms with E-state index < -0.39 is 20.6 Å². The van der Waals surface area contributed by atoms with Gasteiger partial charge in [0.05, 0.1) is 6.61 Å². The van der Waals surface area contributed by atoms with Crippen LogP contribution < -0.4 is 4.72 Å². The lowest BCUT2D eigenvalue weighted by Crippen LogP contribution is -2.41. The van der Waals surface area contributed by atoms with Gasteiger partial charge in [0.1, 0.15) is 4.58 Å². The van der Waals surface area contributed by atoms with Crippen molar-refractivity contribution < 1.29 is 13.5 Å². The Morgan fingerprint density at radius 3 is 2.14 bits per heavy atom. The molecule has 0 saturated heterocycles. The highest BCUT2D eigenvalue weighted by molar-refractivity contribution is 8.03. The average Bonchev–Trinajstić information content (AvgIpc) is 2.01. The van der Waals surface area contributed by atoms with E-state index in [4.69, 9.17) is 5.11 Å². The van der Waals surface area contributed by atoms with Gasteiger partial charge in [-0.1, -0.05) is 13.8 Å². The topological polar surface area (TPSA) is 66.4 Å². The van der Waals surface area contributed by atoms with Gasteiger partial charge in [-0.05, 0) is 19.3 Å². The first-order valence-corrected chi connectivity index (χ1v) is 6.66. The number of aliphatic hydroxyl groups excluding tert-OH is 1. The number of rotatable bonds is 6. The molecular formula is C8H19NO3S2. The molecule has 0 rings (SSSR count). The van der Waals surface area contributed by atoms with Gasteiger partial charge in [0, 0.05) is 6.04 Å². The van der Waals surface area contributed by atoms with Crippen LogP contribution in [0, 0.1) is 5.92 Å². The van der Waals surface area contributed by atoms with Crippen LogP contribution in [-0.2, 0) is 10.0 Å². The molecule has 0 amide bonds. The monoisotopic (exact) mass is 241 g/mol. The van der Waals surface area contributed by atoms with Crippen LogP contribution in [0.5, 0.6) is 0 Å². The Morgan fingerprint density at radius 1 is 1.36 bits per heavy atom. The van der Waals surface area contributed by atoms with Gasteiger partial charge in [-0.15, -0.1) is 0 Å². The van der Waals surface area contributed by atoms with Gasteiger partial charge >= 0.3 is 0 Å². The summed E-state index contributed by atoms with van der Waals surface area (Å²) in [7, 11) is -3.40. The van der Waals surface area contributed by atoms with E-state index in [2.05, 4.69) is 17.4 Å². The fourth-order valence-corrected chi connectivity index (χ4v) is 2.07. The summed E-state index contributed by atoms with van der Waals surface area (Å²) >= 11 is 3.85. The molecular weight excluding hydrogens is 222 g/mol. The van der Waals surface area contributed by atoms with Crippen LogP contribution in [0.3, 0.4) is 0 Å². The van der Waals surface area contributed by atoms with Crippen LogP contribution in [0.1, 0.15) is 27.2 Å². The van der Waals surface area contributed by atoms with E-state index in [-0.39, 0.29) is 6.61 Å². The number of hydrogen-bond acceptors (Lipinski definition) is 4. The van der Waals surface area contributed by atoms with E-state index in [9.17, 15) is 8.42 Å². The van der Waals surface area contributed by atoms with Crippen molar-refractivity contribution in [3.05, 3.63) is 0 Å². The van der Waals surface area contributed by atoms with E-state index in [1.165, 1.54) is 6.92 Å². The van der Waals surface area contributed by atoms with Crippen molar-refractivity contribution in [2.45, 2.75) is 37.8 Å². The maximum Gasteiger partial charge on any atom is 0.223 e. The van der Waals surface area contributed by atoms with E-state index in [0.717, 1.165) is 0 Å². The standard InChI is InChI=1S/C8H19NO3S2/c1-6(2)4-8(5-10)9-14(11,12)7(3)13/h6-10,13H,4-5H2,1-3H3/t7?,8-/m0/s1. The van der Waals surface area contributed by atoms with Gasteiger partial charge < -0.3 is 5.11 Å². The van der Waals surface area contributed by atoms with Crippen molar-refractivity contribution in [2.75, 3.05) is 6.61 Å². The molecule has 0 fully saturated rings. The molecule has 86 valence electrons. The fraction of sp³-hybridized carbons (Fsp3) is 1.00. The third kappa shape index (κ3) is 5.19. The Hall–Kier alpha value is 0.220. The molecule has 0 spiro atoms. The van der Waals surface area contributed by atoms with Crippen LogP contribution in [-0.4, -0.2) is 30.8 Å². The van der Waals surface area contributed by atoms with Crippen molar-refractivity contribution in [2.24, 2.45) is 5.92 Å². The largest absolute Gasteiger partial charge is 0.395 e. The summed E-state index contributed by atoms with van der Waals surface area (Å²) in [5.74, 6) is 0.338. The molecule has 2 N–H and O–H groups in total. The van der Waals surface area contributed by atoms with Gasteiger partial charge in [-0.3, -0.25) is 0 Å². The van der Waals surface area contributed by atoms with Crippen molar-refractivity contribution in [3.8, 4) is 0 Å². The maximum absolute atomic E-state index is 11.4. The summed E-state index contributed by atoms with van der Waals surface area (Å²) < 4.78 is 24.4. The summed E-state index contributed by atoms with van der Waals surface area (Å²) in [6, 6.07) is -0.408. The third-order valence-corrected chi connectivity index (χ3v) is 4.15. The Kier molecular flexibility index (Phi) is 6.04. The van der Waals surface area contributed by atoms with Crippen molar-refractivity contribution in [1.82, 2.24) is 4.72 Å². The van der Waals surface area contributed by atoms with E-state index >= 15 is 0 Å². The maximum atomic E-state index is 11.4. The fourth-order valence-electron chi connectivity index (χ4n) is 1.06. The summed E-state index contributed by atoms with van der Waals surface area (Å²) in [4.78, 5) is 0. The second-order valence-electron chi connectivity index (χ2n) is 3.77. The first-order valence-electron chi connectivity index (χ1n) is 4.59. The van der Waals surface area contributed by atoms with E-state index in [0.29, 0.717) is 12.3 Å². The Balaban J connectivity index is 4.32. The molecule has 6 heteroatoms. The SMILES string of the molecule is CC(C)C[C@@H](CO)NS(=O)(=O)C(C)S. The van der Waals surface area contributed by atoms with Crippen molar-refractivity contribution in [3.63, 3.8) is 0 Å². The highest BCUT2D eigenvalue weighted by Gasteiger charge is 2.21. The minimum absolute atomic E-state index is 0.183. The summed E-state index contributed by atoms with van der Waals surface area (Å²) in [5, 5.41) is 8.97. The molecule has 14 heavy (non-hydrogen) atoms. The van der Waals surface area contributed by atoms with Gasteiger partial charge in [-0.2, -0.15) is 12.6 Å². The first kappa shape index (κ1) is 14.2. The predicted molar refractivity (Wildman–Crippen MR) is 60.8 cm³/mol. The minimum atomic E-state index is -3.40. The minimum Gasteiger partial charge on any atom is -0.395 e. The third-order valence-electron chi connectivity index (χ3n) is 1.76. The lowest BCUT2D eigenvalue weighted by atomic mass is 10.1. The molecule has 0 aliphatic rings. The zero-order chi connectivity index (χ0) is 11.4. The van der Waals surface area contributed by atoms with Crippen LogP contribution >= 0.6 is 12.6 Å². The van der Waals surface area contributed by atoms with Crippen LogP contribution in [0.4, 0.5) is 0 Å². The number of hydrogen-bond donors (Lipinski definition) is 3. The molecule has 0 aliphatic heterocycles. The second-order valence-corrected chi connectivity index (χ2v) is 6.93. The zero-order valence-corrected chi connectivity index (χ0v) is 10.5. The van der Waals surface area contributed by atoms with Gasteiger partial charge in [0.25, 0.3) is 0 Å². The number of aliphatic hydroxyl groups is 1. The van der Waals surface area contributed by atoms with Crippen molar-refractivity contribution in [1.29, 1.82) is 0 Å². The predicted octanol–water partition coefficient (Wildman–Crippen LogP) is 0.589. The van der Waals surface area contributed by atoms with Crippen LogP contribution in [0.2, 0.25) is 0 Å². The summed E-state index contributed by atoms with van der Waals surface area (Å²) in [6.45, 7) is 5.25. The molecule has 0 saturated carbocycles. The molecule has 2 atom stereocenters. The molecule has 0 radical (unpaired) electrons. The molecule has 0 aromatic heterocycles. The normalized spacial score (nSPS) is 17.0. The molecule has 0 aliphatic carbocycles. The number of sulfonamides is 1. The average molecular weight is 241 g/mol. The quantitative estimate of drug-likeness (QED) is 0.596. The smallest absolute Gasteiger partial charge is 0.223 e. The van der Waals surface area contributed by atoms with Crippen LogP contribution in [0.25, 0.3) is 0 Å². The highest BCUT2D eigenvalue weighted by Crippen LogP contribution is 2.08. The number of thiol groups is 1. The zero-order valence-electron chi connectivity index (χ0n) is 8.77. The van der Waals surface area contributed by atoms with E-state index in [1.54, 1.807) is 0 Å². The van der Waals surface area contributed by atoms with Gasteiger partial charge in [0.2, 0.25) is 10.0 Å². The second kappa shape index (κ2) is 5.95. The summed E-state index contributed by atoms with van der Waals surface area (Å²) in [6.07, 6.45) is 0.621. The van der Waals surface area contributed by atoms with Gasteiger partial charge in [0.15, 0.2) is 0 Å². The van der Waals surface area contributed by atoms with Crippen molar-refractivity contribution >= 4 is 22.7 Å². The molecule has 0 bridgehead atoms. The molecule has 1 unspecified atom stereocenters. The molecule has 0 aromatic carbocycles. The number of nitrogens with one attached hydrogen (secondary N) is 1. The molecule has 0 heterocycles. The molecule has 4 nitrogen and oxygen atoms in total. The van der Waals surface area contributed by atoms with Gasteiger partial charge in [-0.25, -0.2) is 13.1 Å². The van der Waals surface area contributed by atoms with E-state index in [1.807, 2.05) is 13.8 Å². The molecule has 0 aromatic rings. The lowest BCUT2D eigenvalue weighted by molar-refractivity contribution is 0.240. The Morgan fingerprint density at radius 2 is 1.86 bits per heavy atom. The highest BCUT2D eigenvalue weighted by atomic mass is 32.3. The summed E-state index contributed by atoms with van der Waals surface area (Å²) in [5.41, 5.74) is 0. The van der Waals surface area contributed by atoms with Crippen LogP contribution in [0.15, 0.2) is 0 Å². The lowest BCUT2D eigenvalue weighted by Gasteiger charge is -2.19. The Bertz CT molecular complexity index is 249. The first-order chi connectivity index (χ1) is 6.29. The Labute approximate surface area is 91.6 Å².